The van der Waals surface area contributed by atoms with Crippen molar-refractivity contribution in [3.05, 3.63) is 40.6 Å². The smallest absolute Gasteiger partial charge is 0.374 e. The molecule has 0 aliphatic heterocycles. The van der Waals surface area contributed by atoms with Crippen molar-refractivity contribution in [2.24, 2.45) is 0 Å². The molecule has 0 saturated heterocycles. The van der Waals surface area contributed by atoms with E-state index in [0.29, 0.717) is 11.4 Å². The van der Waals surface area contributed by atoms with E-state index in [2.05, 4.69) is 26.1 Å². The van der Waals surface area contributed by atoms with E-state index in [1.807, 2.05) is 24.3 Å². The number of hydrogen-bond acceptors (Lipinski definition) is 3. The molecule has 0 atom stereocenters. The van der Waals surface area contributed by atoms with Gasteiger partial charge in [-0.3, -0.25) is 0 Å². The summed E-state index contributed by atoms with van der Waals surface area (Å²) in [6, 6.07) is 9.06. The number of aromatic amines is 1. The van der Waals surface area contributed by atoms with Gasteiger partial charge in [0.1, 0.15) is 5.69 Å². The van der Waals surface area contributed by atoms with Crippen molar-refractivity contribution in [1.82, 2.24) is 10.1 Å². The lowest BCUT2D eigenvalue weighted by Crippen LogP contribution is -1.91. The van der Waals surface area contributed by atoms with Crippen LogP contribution in [0.1, 0.15) is 10.6 Å². The van der Waals surface area contributed by atoms with Gasteiger partial charge in [-0.1, -0.05) is 27.2 Å². The van der Waals surface area contributed by atoms with Gasteiger partial charge in [0.15, 0.2) is 0 Å². The van der Waals surface area contributed by atoms with E-state index in [-0.39, 0.29) is 5.76 Å². The lowest BCUT2D eigenvalue weighted by Gasteiger charge is -1.90. The van der Waals surface area contributed by atoms with Crippen molar-refractivity contribution < 1.29 is 14.4 Å². The van der Waals surface area contributed by atoms with Crippen LogP contribution < -0.4 is 0 Å². The van der Waals surface area contributed by atoms with Gasteiger partial charge in [-0.2, -0.15) is 0 Å². The van der Waals surface area contributed by atoms with Crippen molar-refractivity contribution >= 4 is 32.8 Å². The summed E-state index contributed by atoms with van der Waals surface area (Å²) in [5.74, 6) is -1.31. The largest absolute Gasteiger partial charge is 0.475 e. The molecule has 0 aliphatic rings. The number of carbonyl (C=O) groups is 1. The first-order chi connectivity index (χ1) is 8.65. The average Bonchev–Trinajstić information content (AvgIpc) is 2.95. The summed E-state index contributed by atoms with van der Waals surface area (Å²) in [5.41, 5.74) is 2.13. The SMILES string of the molecule is O=C(O)c1cc(-c2cc3c(Br)cccc3[nH]2)no1. The fourth-order valence-electron chi connectivity index (χ4n) is 1.76. The Morgan fingerprint density at radius 3 is 2.89 bits per heavy atom. The second-order valence-corrected chi connectivity index (χ2v) is 4.62. The number of carboxylic acids is 1. The molecule has 18 heavy (non-hydrogen) atoms. The second kappa shape index (κ2) is 3.99. The number of H-pyrrole nitrogens is 1. The topological polar surface area (TPSA) is 79.1 Å². The summed E-state index contributed by atoms with van der Waals surface area (Å²) in [5, 5.41) is 13.5. The van der Waals surface area contributed by atoms with E-state index in [9.17, 15) is 4.79 Å². The van der Waals surface area contributed by atoms with Crippen LogP contribution in [0.25, 0.3) is 22.3 Å². The molecule has 2 heterocycles. The summed E-state index contributed by atoms with van der Waals surface area (Å²) >= 11 is 3.45. The van der Waals surface area contributed by atoms with Gasteiger partial charge in [0.25, 0.3) is 0 Å². The molecular formula is C12H7BrN2O3. The maximum atomic E-state index is 10.7. The molecule has 0 fully saturated rings. The van der Waals surface area contributed by atoms with Gasteiger partial charge in [0.2, 0.25) is 5.76 Å². The zero-order chi connectivity index (χ0) is 12.7. The van der Waals surface area contributed by atoms with Gasteiger partial charge in [-0.15, -0.1) is 0 Å². The van der Waals surface area contributed by atoms with Gasteiger partial charge < -0.3 is 14.6 Å². The van der Waals surface area contributed by atoms with Gasteiger partial charge in [0, 0.05) is 21.4 Å². The monoisotopic (exact) mass is 306 g/mol. The van der Waals surface area contributed by atoms with E-state index in [4.69, 9.17) is 9.63 Å². The number of hydrogen-bond donors (Lipinski definition) is 2. The lowest BCUT2D eigenvalue weighted by molar-refractivity contribution is 0.0652. The molecule has 5 nitrogen and oxygen atoms in total. The van der Waals surface area contributed by atoms with Crippen LogP contribution in [0.5, 0.6) is 0 Å². The highest BCUT2D eigenvalue weighted by atomic mass is 79.9. The number of nitrogens with zero attached hydrogens (tertiary/aromatic N) is 1. The molecule has 0 saturated carbocycles. The van der Waals surface area contributed by atoms with Crippen LogP contribution in [-0.4, -0.2) is 21.2 Å². The first-order valence-corrected chi connectivity index (χ1v) is 5.92. The molecule has 1 aromatic carbocycles. The number of nitrogens with one attached hydrogen (secondary N) is 1. The van der Waals surface area contributed by atoms with Gasteiger partial charge in [-0.05, 0) is 18.2 Å². The standard InChI is InChI=1S/C12H7BrN2O3/c13-7-2-1-3-8-6(7)4-9(14-8)10-5-11(12(16)17)18-15-10/h1-5,14H,(H,16,17). The predicted octanol–water partition coefficient (Wildman–Crippen LogP) is 3.28. The first kappa shape index (κ1) is 11.0. The Kier molecular flexibility index (Phi) is 2.45. The average molecular weight is 307 g/mol. The molecule has 2 aromatic heterocycles. The Bertz CT molecular complexity index is 745. The zero-order valence-corrected chi connectivity index (χ0v) is 10.6. The van der Waals surface area contributed by atoms with Crippen LogP contribution >= 0.6 is 15.9 Å². The van der Waals surface area contributed by atoms with E-state index >= 15 is 0 Å². The number of aromatic nitrogens is 2. The number of aromatic carboxylic acids is 1. The highest BCUT2D eigenvalue weighted by Crippen LogP contribution is 2.28. The van der Waals surface area contributed by atoms with Crippen LogP contribution in [-0.2, 0) is 0 Å². The summed E-state index contributed by atoms with van der Waals surface area (Å²) in [6.07, 6.45) is 0. The van der Waals surface area contributed by atoms with Crippen LogP contribution in [0.15, 0.2) is 39.3 Å². The Labute approximate surface area is 110 Å². The van der Waals surface area contributed by atoms with Crippen molar-refractivity contribution in [1.29, 1.82) is 0 Å². The minimum absolute atomic E-state index is 0.178. The number of halogens is 1. The van der Waals surface area contributed by atoms with Crippen LogP contribution in [0.3, 0.4) is 0 Å². The third-order valence-corrected chi connectivity index (χ3v) is 3.30. The van der Waals surface area contributed by atoms with Gasteiger partial charge in [-0.25, -0.2) is 4.79 Å². The van der Waals surface area contributed by atoms with Crippen molar-refractivity contribution in [3.8, 4) is 11.4 Å². The molecule has 90 valence electrons. The third-order valence-electron chi connectivity index (χ3n) is 2.61. The highest BCUT2D eigenvalue weighted by Gasteiger charge is 2.14. The van der Waals surface area contributed by atoms with E-state index in [0.717, 1.165) is 15.4 Å². The highest BCUT2D eigenvalue weighted by molar-refractivity contribution is 9.10. The molecule has 0 aliphatic carbocycles. The molecule has 0 unspecified atom stereocenters. The normalized spacial score (nSPS) is 10.9. The van der Waals surface area contributed by atoms with Crippen molar-refractivity contribution in [2.45, 2.75) is 0 Å². The van der Waals surface area contributed by atoms with Crippen LogP contribution in [0.4, 0.5) is 0 Å². The first-order valence-electron chi connectivity index (χ1n) is 5.13. The molecule has 0 amide bonds. The lowest BCUT2D eigenvalue weighted by atomic mass is 10.2. The zero-order valence-electron chi connectivity index (χ0n) is 8.98. The molecular weight excluding hydrogens is 300 g/mol. The summed E-state index contributed by atoms with van der Waals surface area (Å²) in [4.78, 5) is 13.9. The molecule has 3 rings (SSSR count). The summed E-state index contributed by atoms with van der Waals surface area (Å²) in [7, 11) is 0. The van der Waals surface area contributed by atoms with E-state index in [1.54, 1.807) is 0 Å². The van der Waals surface area contributed by atoms with Gasteiger partial charge in [0.05, 0.1) is 5.69 Å². The van der Waals surface area contributed by atoms with Crippen LogP contribution in [0, 0.1) is 0 Å². The number of rotatable bonds is 2. The van der Waals surface area contributed by atoms with E-state index in [1.165, 1.54) is 6.07 Å². The predicted molar refractivity (Wildman–Crippen MR) is 68.5 cm³/mol. The Balaban J connectivity index is 2.13. The third kappa shape index (κ3) is 1.70. The molecule has 3 aromatic rings. The second-order valence-electron chi connectivity index (χ2n) is 3.77. The maximum absolute atomic E-state index is 10.7. The molecule has 0 spiro atoms. The fourth-order valence-corrected chi connectivity index (χ4v) is 2.24. The maximum Gasteiger partial charge on any atom is 0.374 e. The molecule has 6 heteroatoms. The number of carboxylic acid groups (broad SMARTS) is 1. The number of fused-ring (bicyclic) bond motifs is 1. The Morgan fingerprint density at radius 1 is 1.39 bits per heavy atom. The summed E-state index contributed by atoms with van der Waals surface area (Å²) < 4.78 is 5.69. The Hall–Kier alpha value is -2.08. The van der Waals surface area contributed by atoms with Crippen molar-refractivity contribution in [2.75, 3.05) is 0 Å². The minimum Gasteiger partial charge on any atom is -0.475 e. The van der Waals surface area contributed by atoms with E-state index < -0.39 is 5.97 Å². The fraction of sp³-hybridized carbons (Fsp3) is 0. The Morgan fingerprint density at radius 2 is 2.22 bits per heavy atom. The summed E-state index contributed by atoms with van der Waals surface area (Å²) in [6.45, 7) is 0. The molecule has 0 bridgehead atoms. The quantitative estimate of drug-likeness (QED) is 0.761. The van der Waals surface area contributed by atoms with Crippen molar-refractivity contribution in [3.63, 3.8) is 0 Å². The minimum atomic E-state index is -1.13. The molecule has 0 radical (unpaired) electrons. The van der Waals surface area contributed by atoms with Crippen LogP contribution in [0.2, 0.25) is 0 Å². The number of benzene rings is 1. The molecule has 2 N–H and O–H groups in total. The van der Waals surface area contributed by atoms with Gasteiger partial charge >= 0.3 is 5.97 Å².